The van der Waals surface area contributed by atoms with Crippen LogP contribution < -0.4 is 16.2 Å². The Bertz CT molecular complexity index is 1580. The molecular formula is C30H30N4O4. The van der Waals surface area contributed by atoms with E-state index in [0.29, 0.717) is 23.3 Å². The van der Waals surface area contributed by atoms with Crippen molar-refractivity contribution < 1.29 is 14.3 Å². The number of likely N-dealkylation sites (N-methyl/N-ethyl adjacent to an activating group) is 1. The van der Waals surface area contributed by atoms with Crippen LogP contribution in [0.5, 0.6) is 0 Å². The summed E-state index contributed by atoms with van der Waals surface area (Å²) < 4.78 is 5.49. The quantitative estimate of drug-likeness (QED) is 0.339. The number of hydrogen-bond acceptors (Lipinski definition) is 5. The molecule has 6 rings (SSSR count). The van der Waals surface area contributed by atoms with Crippen LogP contribution in [0.15, 0.2) is 77.7 Å². The number of aromatic nitrogens is 1. The molecule has 0 unspecified atom stereocenters. The van der Waals surface area contributed by atoms with Gasteiger partial charge in [0.1, 0.15) is 6.04 Å². The van der Waals surface area contributed by atoms with E-state index in [9.17, 15) is 14.4 Å². The Balaban J connectivity index is 1.56. The van der Waals surface area contributed by atoms with E-state index in [4.69, 9.17) is 4.74 Å². The first-order chi connectivity index (χ1) is 18.3. The highest BCUT2D eigenvalue weighted by atomic mass is 16.5. The van der Waals surface area contributed by atoms with Crippen LogP contribution in [0.4, 0.5) is 16.2 Å². The number of carbonyl (C=O) groups excluding carboxylic acids is 2. The van der Waals surface area contributed by atoms with E-state index in [0.717, 1.165) is 27.6 Å². The zero-order valence-corrected chi connectivity index (χ0v) is 21.6. The number of rotatable bonds is 2. The van der Waals surface area contributed by atoms with Gasteiger partial charge in [-0.2, -0.15) is 0 Å². The van der Waals surface area contributed by atoms with Crippen molar-refractivity contribution in [1.29, 1.82) is 0 Å². The lowest BCUT2D eigenvalue weighted by atomic mass is 9.93. The van der Waals surface area contributed by atoms with Crippen LogP contribution in [0.3, 0.4) is 0 Å². The molecule has 8 heteroatoms. The highest BCUT2D eigenvalue weighted by molar-refractivity contribution is 5.89. The molecule has 4 aromatic rings. The zero-order valence-electron chi connectivity index (χ0n) is 21.6. The van der Waals surface area contributed by atoms with Gasteiger partial charge in [-0.05, 0) is 64.9 Å². The first-order valence-electron chi connectivity index (χ1n) is 12.5. The molecule has 3 N–H and O–H groups in total. The molecule has 2 aliphatic rings. The van der Waals surface area contributed by atoms with Gasteiger partial charge in [-0.3, -0.25) is 14.9 Å². The Morgan fingerprint density at radius 2 is 1.84 bits per heavy atom. The number of amides is 2. The molecule has 0 spiro atoms. The fourth-order valence-corrected chi connectivity index (χ4v) is 4.92. The fraction of sp³-hybridized carbons (Fsp3) is 0.233. The van der Waals surface area contributed by atoms with Gasteiger partial charge in [0.2, 0.25) is 5.91 Å². The number of nitrogens with zero attached hydrogens (tertiary/aromatic N) is 1. The van der Waals surface area contributed by atoms with Crippen LogP contribution in [0.25, 0.3) is 10.8 Å². The van der Waals surface area contributed by atoms with E-state index in [1.807, 2.05) is 68.4 Å². The van der Waals surface area contributed by atoms with Crippen molar-refractivity contribution in [3.8, 4) is 0 Å². The zero-order chi connectivity index (χ0) is 26.8. The van der Waals surface area contributed by atoms with Gasteiger partial charge >= 0.3 is 6.09 Å². The summed E-state index contributed by atoms with van der Waals surface area (Å²) in [7, 11) is 1.75. The molecule has 0 saturated carbocycles. The standard InChI is InChI=1S/C30H30N4O4/c1-18-13-22-8-10-25(18)19(2)17-38-30(37)33-23-6-4-5-20(14-23)16-34(3)29(36)27(22)32-24-9-7-21-11-12-31-28(35)26(21)15-24/h4-15,19,27,32H,16-17H2,1-3H3,(H,31,35)(H,33,37)/t19-,27+/m0/s1. The van der Waals surface area contributed by atoms with Crippen LogP contribution in [-0.2, 0) is 16.1 Å². The fourth-order valence-electron chi connectivity index (χ4n) is 4.92. The maximum Gasteiger partial charge on any atom is 0.411 e. The Labute approximate surface area is 220 Å². The van der Waals surface area contributed by atoms with Gasteiger partial charge in [0.15, 0.2) is 0 Å². The Morgan fingerprint density at radius 3 is 2.66 bits per heavy atom. The molecule has 2 aliphatic heterocycles. The topological polar surface area (TPSA) is 104 Å². The van der Waals surface area contributed by atoms with Crippen LogP contribution >= 0.6 is 0 Å². The van der Waals surface area contributed by atoms with Crippen molar-refractivity contribution in [2.75, 3.05) is 24.3 Å². The lowest BCUT2D eigenvalue weighted by Gasteiger charge is -2.27. The number of hydrogen-bond donors (Lipinski definition) is 3. The Hall–Kier alpha value is -4.59. The number of benzene rings is 3. The molecule has 8 nitrogen and oxygen atoms in total. The van der Waals surface area contributed by atoms with Gasteiger partial charge in [-0.25, -0.2) is 4.79 Å². The first kappa shape index (κ1) is 25.1. The van der Waals surface area contributed by atoms with E-state index in [1.165, 1.54) is 0 Å². The SMILES string of the molecule is Cc1cc2ccc1[C@@H](C)COC(=O)Nc1cccc(c1)CN(C)C(=O)[C@@H]2Nc1ccc2cc[nH]c(=O)c2c1. The molecule has 0 fully saturated rings. The summed E-state index contributed by atoms with van der Waals surface area (Å²) in [6, 6.07) is 19.9. The lowest BCUT2D eigenvalue weighted by Crippen LogP contribution is -2.35. The molecule has 0 aliphatic carbocycles. The molecule has 4 bridgehead atoms. The minimum Gasteiger partial charge on any atom is -0.449 e. The third-order valence-corrected chi connectivity index (χ3v) is 6.93. The van der Waals surface area contributed by atoms with Crippen LogP contribution in [0.2, 0.25) is 0 Å². The van der Waals surface area contributed by atoms with Gasteiger partial charge < -0.3 is 19.9 Å². The number of fused-ring (bicyclic) bond motifs is 10. The highest BCUT2D eigenvalue weighted by Crippen LogP contribution is 2.29. The second-order valence-corrected chi connectivity index (χ2v) is 9.82. The number of aryl methyl sites for hydroxylation is 1. The summed E-state index contributed by atoms with van der Waals surface area (Å²) >= 11 is 0. The van der Waals surface area contributed by atoms with Gasteiger partial charge in [0, 0.05) is 42.5 Å². The number of carbonyl (C=O) groups is 2. The molecule has 3 heterocycles. The predicted octanol–water partition coefficient (Wildman–Crippen LogP) is 5.31. The van der Waals surface area contributed by atoms with Crippen LogP contribution in [0, 0.1) is 6.92 Å². The average Bonchev–Trinajstić information content (AvgIpc) is 2.90. The minimum atomic E-state index is -0.685. The summed E-state index contributed by atoms with van der Waals surface area (Å²) in [6.45, 7) is 4.55. The van der Waals surface area contributed by atoms with E-state index in [1.54, 1.807) is 30.3 Å². The van der Waals surface area contributed by atoms with Crippen molar-refractivity contribution in [1.82, 2.24) is 9.88 Å². The van der Waals surface area contributed by atoms with Gasteiger partial charge in [-0.1, -0.05) is 43.3 Å². The van der Waals surface area contributed by atoms with Gasteiger partial charge in [-0.15, -0.1) is 0 Å². The summed E-state index contributed by atoms with van der Waals surface area (Å²) in [4.78, 5) is 43.0. The summed E-state index contributed by atoms with van der Waals surface area (Å²) in [6.07, 6.45) is 1.10. The minimum absolute atomic E-state index is 0.0361. The average molecular weight is 511 g/mol. The van der Waals surface area contributed by atoms with Crippen LogP contribution in [0.1, 0.15) is 41.1 Å². The molecule has 38 heavy (non-hydrogen) atoms. The number of ether oxygens (including phenoxy) is 1. The number of H-pyrrole nitrogens is 1. The second kappa shape index (κ2) is 10.4. The number of pyridine rings is 1. The van der Waals surface area contributed by atoms with Crippen molar-refractivity contribution >= 4 is 34.1 Å². The largest absolute Gasteiger partial charge is 0.449 e. The molecule has 2 amide bonds. The maximum absolute atomic E-state index is 13.9. The summed E-state index contributed by atoms with van der Waals surface area (Å²) in [5.74, 6) is -0.164. The Morgan fingerprint density at radius 1 is 1.00 bits per heavy atom. The molecule has 1 aromatic heterocycles. The van der Waals surface area contributed by atoms with Crippen molar-refractivity contribution in [2.45, 2.75) is 32.4 Å². The van der Waals surface area contributed by atoms with E-state index < -0.39 is 12.1 Å². The normalized spacial score (nSPS) is 18.2. The second-order valence-electron chi connectivity index (χ2n) is 9.82. The van der Waals surface area contributed by atoms with Crippen molar-refractivity contribution in [3.05, 3.63) is 106 Å². The molecular weight excluding hydrogens is 480 g/mol. The van der Waals surface area contributed by atoms with E-state index in [2.05, 4.69) is 15.6 Å². The monoisotopic (exact) mass is 510 g/mol. The summed E-state index contributed by atoms with van der Waals surface area (Å²) in [5.41, 5.74) is 4.78. The van der Waals surface area contributed by atoms with Crippen molar-refractivity contribution in [2.24, 2.45) is 0 Å². The van der Waals surface area contributed by atoms with Crippen molar-refractivity contribution in [3.63, 3.8) is 0 Å². The molecule has 0 radical (unpaired) electrons. The Kier molecular flexibility index (Phi) is 6.87. The smallest absolute Gasteiger partial charge is 0.411 e. The number of anilines is 2. The summed E-state index contributed by atoms with van der Waals surface area (Å²) in [5, 5.41) is 7.53. The predicted molar refractivity (Wildman–Crippen MR) is 148 cm³/mol. The number of aromatic amines is 1. The number of nitrogens with one attached hydrogen (secondary N) is 3. The first-order valence-corrected chi connectivity index (χ1v) is 12.5. The molecule has 0 saturated heterocycles. The third kappa shape index (κ3) is 5.25. The van der Waals surface area contributed by atoms with E-state index >= 15 is 0 Å². The molecule has 3 aromatic carbocycles. The van der Waals surface area contributed by atoms with Gasteiger partial charge in [0.25, 0.3) is 5.56 Å². The van der Waals surface area contributed by atoms with Gasteiger partial charge in [0.05, 0.1) is 6.61 Å². The van der Waals surface area contributed by atoms with Crippen LogP contribution in [-0.4, -0.2) is 35.5 Å². The maximum atomic E-state index is 13.9. The highest BCUT2D eigenvalue weighted by Gasteiger charge is 2.26. The molecule has 2 atom stereocenters. The van der Waals surface area contributed by atoms with E-state index in [-0.39, 0.29) is 24.0 Å². The molecule has 194 valence electrons. The lowest BCUT2D eigenvalue weighted by molar-refractivity contribution is -0.131. The third-order valence-electron chi connectivity index (χ3n) is 6.93.